The lowest BCUT2D eigenvalue weighted by Gasteiger charge is -2.11. The fraction of sp³-hybridized carbons (Fsp3) is 0.250. The first-order chi connectivity index (χ1) is 8.88. The minimum Gasteiger partial charge on any atom is -0.486 e. The van der Waals surface area contributed by atoms with Crippen LogP contribution in [-0.4, -0.2) is 18.0 Å². The summed E-state index contributed by atoms with van der Waals surface area (Å²) in [5, 5.41) is 5.18. The Morgan fingerprint density at radius 1 is 1.42 bits per heavy atom. The fourth-order valence-corrected chi connectivity index (χ4v) is 2.39. The van der Waals surface area contributed by atoms with E-state index in [0.717, 1.165) is 11.3 Å². The van der Waals surface area contributed by atoms with Gasteiger partial charge in [0.1, 0.15) is 17.3 Å². The number of rotatable bonds is 4. The lowest BCUT2D eigenvalue weighted by Crippen LogP contribution is -2.14. The van der Waals surface area contributed by atoms with E-state index in [1.54, 1.807) is 36.1 Å². The number of imidazole rings is 1. The number of hydrogen-bond donors (Lipinski definition) is 1. The van der Waals surface area contributed by atoms with Gasteiger partial charge in [-0.1, -0.05) is 6.07 Å². The van der Waals surface area contributed by atoms with Gasteiger partial charge >= 0.3 is 0 Å². The second-order valence-corrected chi connectivity index (χ2v) is 5.81. The van der Waals surface area contributed by atoms with Crippen LogP contribution in [-0.2, 0) is 23.7 Å². The zero-order valence-corrected chi connectivity index (χ0v) is 11.5. The van der Waals surface area contributed by atoms with E-state index in [9.17, 15) is 8.42 Å². The van der Waals surface area contributed by atoms with E-state index >= 15 is 0 Å². The van der Waals surface area contributed by atoms with Gasteiger partial charge in [0, 0.05) is 7.05 Å². The topological polar surface area (TPSA) is 87.2 Å². The Morgan fingerprint density at radius 2 is 2.16 bits per heavy atom. The van der Waals surface area contributed by atoms with Crippen LogP contribution in [0.25, 0.3) is 0 Å². The van der Waals surface area contributed by atoms with Gasteiger partial charge in [0.15, 0.2) is 0 Å². The van der Waals surface area contributed by atoms with E-state index in [0.29, 0.717) is 0 Å². The van der Waals surface area contributed by atoms with Crippen molar-refractivity contribution in [1.29, 1.82) is 0 Å². The van der Waals surface area contributed by atoms with Crippen molar-refractivity contribution in [1.82, 2.24) is 9.55 Å². The molecule has 0 aliphatic carbocycles. The summed E-state index contributed by atoms with van der Waals surface area (Å²) in [7, 11) is -1.97. The molecule has 0 saturated carbocycles. The third kappa shape index (κ3) is 3.12. The van der Waals surface area contributed by atoms with Crippen LogP contribution in [0.5, 0.6) is 5.75 Å². The lowest BCUT2D eigenvalue weighted by atomic mass is 10.2. The predicted octanol–water partition coefficient (Wildman–Crippen LogP) is 0.955. The highest BCUT2D eigenvalue weighted by Crippen LogP contribution is 2.24. The second-order valence-electron chi connectivity index (χ2n) is 4.28. The van der Waals surface area contributed by atoms with E-state index in [4.69, 9.17) is 9.88 Å². The summed E-state index contributed by atoms with van der Waals surface area (Å²) >= 11 is 0. The average molecular weight is 281 g/mol. The first-order valence-electron chi connectivity index (χ1n) is 5.59. The summed E-state index contributed by atoms with van der Waals surface area (Å²) in [4.78, 5) is 3.95. The molecule has 2 rings (SSSR count). The molecule has 0 bridgehead atoms. The smallest absolute Gasteiger partial charge is 0.241 e. The van der Waals surface area contributed by atoms with Crippen molar-refractivity contribution in [2.45, 2.75) is 18.4 Å². The van der Waals surface area contributed by atoms with Crippen molar-refractivity contribution in [2.24, 2.45) is 12.2 Å². The van der Waals surface area contributed by atoms with Crippen LogP contribution in [0, 0.1) is 6.92 Å². The molecule has 2 N–H and O–H groups in total. The molecule has 0 amide bonds. The molecule has 0 unspecified atom stereocenters. The van der Waals surface area contributed by atoms with Crippen LogP contribution >= 0.6 is 0 Å². The largest absolute Gasteiger partial charge is 0.486 e. The van der Waals surface area contributed by atoms with E-state index in [-0.39, 0.29) is 17.3 Å². The van der Waals surface area contributed by atoms with Gasteiger partial charge < -0.3 is 9.30 Å². The first-order valence-corrected chi connectivity index (χ1v) is 7.14. The highest BCUT2D eigenvalue weighted by molar-refractivity contribution is 7.89. The van der Waals surface area contributed by atoms with Crippen LogP contribution in [0.3, 0.4) is 0 Å². The normalized spacial score (nSPS) is 11.5. The fourth-order valence-electron chi connectivity index (χ4n) is 1.63. The van der Waals surface area contributed by atoms with Gasteiger partial charge in [0.25, 0.3) is 0 Å². The van der Waals surface area contributed by atoms with Gasteiger partial charge in [-0.05, 0) is 24.6 Å². The quantitative estimate of drug-likeness (QED) is 0.904. The molecular weight excluding hydrogens is 266 g/mol. The molecule has 0 atom stereocenters. The number of aromatic nitrogens is 2. The molecule has 102 valence electrons. The van der Waals surface area contributed by atoms with Gasteiger partial charge in [-0.25, -0.2) is 18.5 Å². The van der Waals surface area contributed by atoms with Gasteiger partial charge in [0.2, 0.25) is 10.0 Å². The summed E-state index contributed by atoms with van der Waals surface area (Å²) < 4.78 is 30.3. The summed E-state index contributed by atoms with van der Waals surface area (Å²) in [6.45, 7) is 2.02. The standard InChI is InChI=1S/C12H15N3O3S/c1-9-3-4-11(12(5-9)19(13,16)17)18-7-10-6-14-8-15(10)2/h3-6,8H,7H2,1-2H3,(H2,13,16,17). The van der Waals surface area contributed by atoms with Gasteiger partial charge in [-0.3, -0.25) is 0 Å². The predicted molar refractivity (Wildman–Crippen MR) is 70.1 cm³/mol. The lowest BCUT2D eigenvalue weighted by molar-refractivity contribution is 0.289. The maximum absolute atomic E-state index is 11.5. The Kier molecular flexibility index (Phi) is 3.59. The molecule has 2 aromatic rings. The van der Waals surface area contributed by atoms with Crippen molar-refractivity contribution in [3.05, 3.63) is 42.0 Å². The molecular formula is C12H15N3O3S. The molecule has 0 fully saturated rings. The van der Waals surface area contributed by atoms with Crippen molar-refractivity contribution >= 4 is 10.0 Å². The summed E-state index contributed by atoms with van der Waals surface area (Å²) in [6, 6.07) is 4.87. The molecule has 0 spiro atoms. The number of nitrogens with two attached hydrogens (primary N) is 1. The zero-order chi connectivity index (χ0) is 14.0. The minimum absolute atomic E-state index is 0.00494. The number of ether oxygens (including phenoxy) is 1. The SMILES string of the molecule is Cc1ccc(OCc2cncn2C)c(S(N)(=O)=O)c1. The highest BCUT2D eigenvalue weighted by atomic mass is 32.2. The van der Waals surface area contributed by atoms with Crippen LogP contribution in [0.1, 0.15) is 11.3 Å². The molecule has 0 saturated heterocycles. The number of primary sulfonamides is 1. The molecule has 0 aliphatic rings. The van der Waals surface area contributed by atoms with Crippen LogP contribution in [0.2, 0.25) is 0 Å². The molecule has 1 heterocycles. The third-order valence-electron chi connectivity index (χ3n) is 2.70. The molecule has 19 heavy (non-hydrogen) atoms. The summed E-state index contributed by atoms with van der Waals surface area (Å²) in [6.07, 6.45) is 3.30. The minimum atomic E-state index is -3.80. The van der Waals surface area contributed by atoms with Crippen molar-refractivity contribution < 1.29 is 13.2 Å². The van der Waals surface area contributed by atoms with Crippen LogP contribution in [0.4, 0.5) is 0 Å². The van der Waals surface area contributed by atoms with Crippen LogP contribution in [0.15, 0.2) is 35.6 Å². The Morgan fingerprint density at radius 3 is 2.74 bits per heavy atom. The van der Waals surface area contributed by atoms with Gasteiger partial charge in [-0.2, -0.15) is 0 Å². The first kappa shape index (κ1) is 13.6. The molecule has 6 nitrogen and oxygen atoms in total. The summed E-state index contributed by atoms with van der Waals surface area (Å²) in [5.41, 5.74) is 1.64. The van der Waals surface area contributed by atoms with E-state index in [2.05, 4.69) is 4.98 Å². The Bertz CT molecular complexity index is 692. The maximum atomic E-state index is 11.5. The van der Waals surface area contributed by atoms with Crippen molar-refractivity contribution in [3.8, 4) is 5.75 Å². The second kappa shape index (κ2) is 5.02. The van der Waals surface area contributed by atoms with E-state index in [1.165, 1.54) is 6.07 Å². The maximum Gasteiger partial charge on any atom is 0.241 e. The number of nitrogens with zero attached hydrogens (tertiary/aromatic N) is 2. The third-order valence-corrected chi connectivity index (χ3v) is 3.63. The molecule has 0 radical (unpaired) electrons. The monoisotopic (exact) mass is 281 g/mol. The number of sulfonamides is 1. The number of hydrogen-bond acceptors (Lipinski definition) is 4. The van der Waals surface area contributed by atoms with E-state index < -0.39 is 10.0 Å². The Hall–Kier alpha value is -1.86. The van der Waals surface area contributed by atoms with Crippen LogP contribution < -0.4 is 9.88 Å². The van der Waals surface area contributed by atoms with Crippen molar-refractivity contribution in [3.63, 3.8) is 0 Å². The Labute approximate surface area is 111 Å². The average Bonchev–Trinajstić information content (AvgIpc) is 2.72. The van der Waals surface area contributed by atoms with Gasteiger partial charge in [0.05, 0.1) is 18.2 Å². The molecule has 0 aliphatic heterocycles. The number of benzene rings is 1. The van der Waals surface area contributed by atoms with Gasteiger partial charge in [-0.15, -0.1) is 0 Å². The zero-order valence-electron chi connectivity index (χ0n) is 10.7. The van der Waals surface area contributed by atoms with Crippen molar-refractivity contribution in [2.75, 3.05) is 0 Å². The molecule has 1 aromatic carbocycles. The highest BCUT2D eigenvalue weighted by Gasteiger charge is 2.15. The molecule has 1 aromatic heterocycles. The Balaban J connectivity index is 2.28. The molecule has 7 heteroatoms. The van der Waals surface area contributed by atoms with E-state index in [1.807, 2.05) is 7.05 Å². The number of aryl methyl sites for hydroxylation is 2. The summed E-state index contributed by atoms with van der Waals surface area (Å²) in [5.74, 6) is 0.245.